The highest BCUT2D eigenvalue weighted by atomic mass is 35.5. The van der Waals surface area contributed by atoms with Gasteiger partial charge in [0.25, 0.3) is 0 Å². The van der Waals surface area contributed by atoms with Gasteiger partial charge in [0, 0.05) is 12.3 Å². The van der Waals surface area contributed by atoms with Gasteiger partial charge in [0.1, 0.15) is 5.75 Å². The Kier molecular flexibility index (Phi) is 6.69. The highest BCUT2D eigenvalue weighted by Gasteiger charge is 2.61. The summed E-state index contributed by atoms with van der Waals surface area (Å²) in [6.07, 6.45) is -11.2. The number of ether oxygens (including phenoxy) is 1. The average Bonchev–Trinajstić information content (AvgIpc) is 2.78. The van der Waals surface area contributed by atoms with Crippen LogP contribution in [0.25, 0.3) is 10.2 Å². The zero-order valence-electron chi connectivity index (χ0n) is 13.1. The van der Waals surface area contributed by atoms with Crippen molar-refractivity contribution in [2.24, 2.45) is 0 Å². The van der Waals surface area contributed by atoms with Gasteiger partial charge >= 0.3 is 12.3 Å². The highest BCUT2D eigenvalue weighted by Crippen LogP contribution is 2.38. The first kappa shape index (κ1) is 22.6. The molecule has 0 fully saturated rings. The number of benzene rings is 1. The van der Waals surface area contributed by atoms with Crippen molar-refractivity contribution in [3.8, 4) is 5.75 Å². The van der Waals surface area contributed by atoms with Gasteiger partial charge in [-0.15, -0.1) is 12.4 Å². The first-order chi connectivity index (χ1) is 11.4. The third kappa shape index (κ3) is 4.86. The maximum atomic E-state index is 12.9. The molecule has 2 aromatic rings. The van der Waals surface area contributed by atoms with E-state index in [2.05, 4.69) is 4.74 Å². The van der Waals surface area contributed by atoms with Crippen LogP contribution < -0.4 is 9.54 Å². The molecule has 0 aliphatic rings. The van der Waals surface area contributed by atoms with Crippen LogP contribution in [0.5, 0.6) is 5.75 Å². The van der Waals surface area contributed by atoms with Crippen molar-refractivity contribution in [2.45, 2.75) is 25.8 Å². The third-order valence-corrected chi connectivity index (χ3v) is 5.96. The number of halogens is 6. The van der Waals surface area contributed by atoms with E-state index in [0.29, 0.717) is 5.52 Å². The number of nitrogens with zero attached hydrogens (tertiary/aromatic N) is 1. The lowest BCUT2D eigenvalue weighted by atomic mass is 10.3. The Morgan fingerprint density at radius 3 is 2.38 bits per heavy atom. The zero-order chi connectivity index (χ0) is 19.0. The van der Waals surface area contributed by atoms with Crippen molar-refractivity contribution < 1.29 is 35.1 Å². The summed E-state index contributed by atoms with van der Waals surface area (Å²) in [6.45, 7) is 1.46. The SMILES string of the molecule is CCS(=O)(=O)CCn1c(=N)sc2cc(OC(F)(F)C(F)(F)F)ccc21.Cl. The first-order valence-electron chi connectivity index (χ1n) is 6.88. The Morgan fingerprint density at radius 2 is 1.85 bits per heavy atom. The molecule has 5 nitrogen and oxygen atoms in total. The molecule has 148 valence electrons. The summed E-state index contributed by atoms with van der Waals surface area (Å²) in [5.41, 5.74) is 0.351. The normalized spacial score (nSPS) is 12.8. The molecule has 0 amide bonds. The lowest BCUT2D eigenvalue weighted by Crippen LogP contribution is -2.41. The molecule has 0 atom stereocenters. The molecule has 2 rings (SSSR count). The Morgan fingerprint density at radius 1 is 1.23 bits per heavy atom. The van der Waals surface area contributed by atoms with Crippen molar-refractivity contribution in [1.82, 2.24) is 4.57 Å². The summed E-state index contributed by atoms with van der Waals surface area (Å²) >= 11 is 0.813. The molecule has 13 heteroatoms. The molecule has 0 aliphatic heterocycles. The van der Waals surface area contributed by atoms with Crippen LogP contribution in [0, 0.1) is 5.41 Å². The largest absolute Gasteiger partial charge is 0.499 e. The van der Waals surface area contributed by atoms with E-state index in [1.54, 1.807) is 0 Å². The van der Waals surface area contributed by atoms with Crippen molar-refractivity contribution in [3.05, 3.63) is 23.0 Å². The summed E-state index contributed by atoms with van der Waals surface area (Å²) in [5.74, 6) is -0.978. The van der Waals surface area contributed by atoms with Gasteiger partial charge in [0.05, 0.1) is 16.0 Å². The van der Waals surface area contributed by atoms with Crippen LogP contribution in [-0.2, 0) is 16.4 Å². The van der Waals surface area contributed by atoms with E-state index in [-0.39, 0.29) is 40.0 Å². The van der Waals surface area contributed by atoms with Crippen LogP contribution in [0.15, 0.2) is 18.2 Å². The van der Waals surface area contributed by atoms with Crippen molar-refractivity contribution >= 4 is 43.8 Å². The molecular weight excluding hydrogens is 427 g/mol. The van der Waals surface area contributed by atoms with Crippen LogP contribution >= 0.6 is 23.7 Å². The third-order valence-electron chi connectivity index (χ3n) is 3.32. The topological polar surface area (TPSA) is 72.2 Å². The fourth-order valence-corrected chi connectivity index (χ4v) is 3.65. The maximum Gasteiger partial charge on any atom is 0.499 e. The van der Waals surface area contributed by atoms with Gasteiger partial charge in [-0.25, -0.2) is 8.42 Å². The minimum Gasteiger partial charge on any atom is -0.426 e. The number of aromatic nitrogens is 1. The van der Waals surface area contributed by atoms with Crippen LogP contribution in [-0.4, -0.2) is 36.8 Å². The molecule has 0 spiro atoms. The summed E-state index contributed by atoms with van der Waals surface area (Å²) in [6, 6.07) is 3.09. The summed E-state index contributed by atoms with van der Waals surface area (Å²) in [7, 11) is -3.28. The number of sulfone groups is 1. The lowest BCUT2D eigenvalue weighted by Gasteiger charge is -2.20. The van der Waals surface area contributed by atoms with Crippen molar-refractivity contribution in [2.75, 3.05) is 11.5 Å². The molecule has 0 saturated carbocycles. The van der Waals surface area contributed by atoms with Gasteiger partial charge in [0.15, 0.2) is 14.6 Å². The number of rotatable bonds is 6. The van der Waals surface area contributed by atoms with Gasteiger partial charge in [-0.05, 0) is 18.2 Å². The van der Waals surface area contributed by atoms with Crippen molar-refractivity contribution in [1.29, 1.82) is 5.41 Å². The Balaban J connectivity index is 0.00000338. The fraction of sp³-hybridized carbons (Fsp3) is 0.462. The highest BCUT2D eigenvalue weighted by molar-refractivity contribution is 7.91. The van der Waals surface area contributed by atoms with E-state index in [1.807, 2.05) is 0 Å². The molecule has 1 N–H and O–H groups in total. The molecule has 0 radical (unpaired) electrons. The predicted octanol–water partition coefficient (Wildman–Crippen LogP) is 3.57. The van der Waals surface area contributed by atoms with E-state index in [4.69, 9.17) is 5.41 Å². The Labute approximate surface area is 155 Å². The van der Waals surface area contributed by atoms with E-state index in [9.17, 15) is 30.4 Å². The number of aryl methyl sites for hydroxylation is 1. The van der Waals surface area contributed by atoms with Gasteiger partial charge < -0.3 is 9.30 Å². The number of hydrogen-bond donors (Lipinski definition) is 1. The zero-order valence-corrected chi connectivity index (χ0v) is 15.6. The van der Waals surface area contributed by atoms with Gasteiger partial charge in [-0.2, -0.15) is 22.0 Å². The minimum absolute atomic E-state index is 0. The summed E-state index contributed by atoms with van der Waals surface area (Å²) < 4.78 is 90.9. The number of fused-ring (bicyclic) bond motifs is 1. The molecule has 0 saturated heterocycles. The summed E-state index contributed by atoms with van der Waals surface area (Å²) in [5, 5.41) is 7.83. The predicted molar refractivity (Wildman–Crippen MR) is 88.9 cm³/mol. The van der Waals surface area contributed by atoms with Gasteiger partial charge in [-0.3, -0.25) is 5.41 Å². The maximum absolute atomic E-state index is 12.9. The van der Waals surface area contributed by atoms with Crippen LogP contribution in [0.3, 0.4) is 0 Å². The Hall–Kier alpha value is -1.40. The number of thiazole rings is 1. The minimum atomic E-state index is -5.85. The molecule has 0 unspecified atom stereocenters. The second-order valence-electron chi connectivity index (χ2n) is 5.04. The quantitative estimate of drug-likeness (QED) is 0.698. The summed E-state index contributed by atoms with van der Waals surface area (Å²) in [4.78, 5) is -0.0546. The molecule has 26 heavy (non-hydrogen) atoms. The number of hydrogen-bond acceptors (Lipinski definition) is 5. The second-order valence-corrected chi connectivity index (χ2v) is 8.54. The van der Waals surface area contributed by atoms with E-state index < -0.39 is 27.9 Å². The number of alkyl halides is 5. The lowest BCUT2D eigenvalue weighted by molar-refractivity contribution is -0.360. The number of nitrogens with one attached hydrogen (secondary N) is 1. The molecule has 1 aromatic heterocycles. The molecule has 1 aromatic carbocycles. The molecule has 0 bridgehead atoms. The molecule has 0 aliphatic carbocycles. The standard InChI is InChI=1S/C13H13F5N2O3S2.ClH/c1-2-25(21,22)6-5-20-9-4-3-8(7-10(9)24-11(20)19)23-13(17,18)12(14,15)16;/h3-4,7,19H,2,5-6H2,1H3;1H. The van der Waals surface area contributed by atoms with Crippen LogP contribution in [0.4, 0.5) is 22.0 Å². The van der Waals surface area contributed by atoms with Gasteiger partial charge in [-0.1, -0.05) is 18.3 Å². The smallest absolute Gasteiger partial charge is 0.426 e. The average molecular weight is 441 g/mol. The fourth-order valence-electron chi connectivity index (χ4n) is 1.93. The monoisotopic (exact) mass is 440 g/mol. The van der Waals surface area contributed by atoms with E-state index in [0.717, 1.165) is 23.5 Å². The Bertz CT molecular complexity index is 937. The van der Waals surface area contributed by atoms with Crippen molar-refractivity contribution in [3.63, 3.8) is 0 Å². The van der Waals surface area contributed by atoms with Crippen LogP contribution in [0.1, 0.15) is 6.92 Å². The second kappa shape index (κ2) is 7.69. The first-order valence-corrected chi connectivity index (χ1v) is 9.52. The van der Waals surface area contributed by atoms with Crippen LogP contribution in [0.2, 0.25) is 0 Å². The van der Waals surface area contributed by atoms with E-state index in [1.165, 1.54) is 17.6 Å². The molecule has 1 heterocycles. The van der Waals surface area contributed by atoms with E-state index >= 15 is 0 Å². The molecular formula is C13H14ClF5N2O3S2. The van der Waals surface area contributed by atoms with Gasteiger partial charge in [0.2, 0.25) is 0 Å².